The van der Waals surface area contributed by atoms with Crippen molar-refractivity contribution >= 4 is 23.5 Å². The number of carbonyl (C=O) groups is 1. The van der Waals surface area contributed by atoms with Crippen molar-refractivity contribution in [3.63, 3.8) is 0 Å². The highest BCUT2D eigenvalue weighted by atomic mass is 35.5. The number of rotatable bonds is 5. The molecule has 0 bridgehead atoms. The van der Waals surface area contributed by atoms with E-state index in [1.54, 1.807) is 47.3 Å². The molecule has 0 aliphatic carbocycles. The van der Waals surface area contributed by atoms with Crippen LogP contribution in [0.5, 0.6) is 0 Å². The Hall–Kier alpha value is -4.91. The summed E-state index contributed by atoms with van der Waals surface area (Å²) >= 11 is 6.25. The van der Waals surface area contributed by atoms with Crippen molar-refractivity contribution in [2.75, 3.05) is 5.32 Å². The average molecular weight is 517 g/mol. The van der Waals surface area contributed by atoms with E-state index in [9.17, 15) is 9.59 Å². The van der Waals surface area contributed by atoms with Crippen molar-refractivity contribution < 1.29 is 9.90 Å². The molecule has 5 aromatic rings. The Balaban J connectivity index is 1.32. The lowest BCUT2D eigenvalue weighted by Gasteiger charge is -2.14. The maximum Gasteiger partial charge on any atom is 0.410 e. The van der Waals surface area contributed by atoms with E-state index in [0.717, 1.165) is 5.56 Å². The number of imidazole rings is 1. The van der Waals surface area contributed by atoms with Gasteiger partial charge < -0.3 is 10.1 Å². The Kier molecular flexibility index (Phi) is 5.45. The van der Waals surface area contributed by atoms with Crippen molar-refractivity contribution in [1.29, 1.82) is 0 Å². The molecule has 13 nitrogen and oxygen atoms in total. The van der Waals surface area contributed by atoms with Crippen molar-refractivity contribution in [1.82, 2.24) is 44.7 Å². The van der Waals surface area contributed by atoms with Crippen LogP contribution in [0.25, 0.3) is 28.2 Å². The number of aromatic amines is 1. The SMILES string of the molecule is O=C(O)Nc1ccc(-c2cnc([C@@H]3CCc4nc(-c5cc(Cl)ccc5-n5cnnn5)cc(=O)n43)[nH]2)cn1. The zero-order valence-corrected chi connectivity index (χ0v) is 19.7. The molecule has 1 amide bonds. The van der Waals surface area contributed by atoms with E-state index in [2.05, 4.69) is 35.8 Å². The van der Waals surface area contributed by atoms with Crippen LogP contribution >= 0.6 is 11.6 Å². The second-order valence-corrected chi connectivity index (χ2v) is 8.72. The lowest BCUT2D eigenvalue weighted by molar-refractivity contribution is 0.209. The normalized spacial score (nSPS) is 14.5. The van der Waals surface area contributed by atoms with Crippen LogP contribution in [0, 0.1) is 0 Å². The molecule has 1 aromatic carbocycles. The molecule has 0 radical (unpaired) electrons. The molecule has 0 saturated carbocycles. The van der Waals surface area contributed by atoms with Gasteiger partial charge in [-0.3, -0.25) is 14.7 Å². The van der Waals surface area contributed by atoms with E-state index in [-0.39, 0.29) is 17.4 Å². The largest absolute Gasteiger partial charge is 0.465 e. The minimum Gasteiger partial charge on any atom is -0.465 e. The number of hydrogen-bond acceptors (Lipinski definition) is 8. The topological polar surface area (TPSA) is 169 Å². The maximum atomic E-state index is 13.3. The monoisotopic (exact) mass is 516 g/mol. The number of nitrogens with one attached hydrogen (secondary N) is 2. The summed E-state index contributed by atoms with van der Waals surface area (Å²) < 4.78 is 3.13. The van der Waals surface area contributed by atoms with Gasteiger partial charge in [-0.25, -0.2) is 19.7 Å². The highest BCUT2D eigenvalue weighted by Crippen LogP contribution is 2.32. The number of carboxylic acid groups (broad SMARTS) is 1. The summed E-state index contributed by atoms with van der Waals surface area (Å²) in [5.74, 6) is 1.48. The molecule has 1 aliphatic rings. The van der Waals surface area contributed by atoms with Gasteiger partial charge in [0.15, 0.2) is 0 Å². The predicted molar refractivity (Wildman–Crippen MR) is 132 cm³/mol. The zero-order chi connectivity index (χ0) is 25.5. The molecular formula is C23H17ClN10O3. The van der Waals surface area contributed by atoms with Gasteiger partial charge in [0, 0.05) is 34.8 Å². The van der Waals surface area contributed by atoms with Crippen LogP contribution in [-0.2, 0) is 6.42 Å². The Labute approximate surface area is 212 Å². The van der Waals surface area contributed by atoms with Gasteiger partial charge in [0.25, 0.3) is 5.56 Å². The van der Waals surface area contributed by atoms with Gasteiger partial charge in [-0.1, -0.05) is 11.6 Å². The molecule has 184 valence electrons. The number of amides is 1. The first-order chi connectivity index (χ1) is 18.0. The molecule has 0 spiro atoms. The average Bonchev–Trinajstić information content (AvgIpc) is 3.65. The third-order valence-corrected chi connectivity index (χ3v) is 6.26. The summed E-state index contributed by atoms with van der Waals surface area (Å²) in [7, 11) is 0. The summed E-state index contributed by atoms with van der Waals surface area (Å²) in [4.78, 5) is 40.7. The number of halogens is 1. The minimum atomic E-state index is -1.19. The molecule has 0 saturated heterocycles. The standard InChI is InChI=1S/C23H17ClN10O3/c24-13-2-3-17(33-11-27-31-32-33)14(7-13)15-8-21(35)34-18(4-6-20(34)28-15)22-26-10-16(29-22)12-1-5-19(25-9-12)30-23(36)37/h1-3,5,7-11,18H,4,6H2,(H,25,30)(H,26,29)(H,36,37)/t18-/m0/s1. The van der Waals surface area contributed by atoms with E-state index in [4.69, 9.17) is 21.7 Å². The minimum absolute atomic E-state index is 0.214. The summed E-state index contributed by atoms with van der Waals surface area (Å²) in [6, 6.07) is 9.68. The van der Waals surface area contributed by atoms with Gasteiger partial charge >= 0.3 is 6.09 Å². The molecule has 0 fully saturated rings. The highest BCUT2D eigenvalue weighted by molar-refractivity contribution is 6.31. The molecule has 5 heterocycles. The molecule has 3 N–H and O–H groups in total. The van der Waals surface area contributed by atoms with Crippen LogP contribution in [-0.4, -0.2) is 55.9 Å². The van der Waals surface area contributed by atoms with Crippen LogP contribution in [0.15, 0.2) is 59.9 Å². The smallest absolute Gasteiger partial charge is 0.410 e. The lowest BCUT2D eigenvalue weighted by Crippen LogP contribution is -2.25. The lowest BCUT2D eigenvalue weighted by atomic mass is 10.1. The Morgan fingerprint density at radius 2 is 2.05 bits per heavy atom. The fourth-order valence-electron chi connectivity index (χ4n) is 4.41. The number of aromatic nitrogens is 9. The number of H-pyrrole nitrogens is 1. The van der Waals surface area contributed by atoms with Crippen molar-refractivity contribution in [3.05, 3.63) is 82.1 Å². The van der Waals surface area contributed by atoms with Crippen LogP contribution in [0.4, 0.5) is 10.6 Å². The van der Waals surface area contributed by atoms with Gasteiger partial charge in [-0.2, -0.15) is 4.68 Å². The molecule has 0 unspecified atom stereocenters. The van der Waals surface area contributed by atoms with Crippen LogP contribution in [0.1, 0.15) is 24.1 Å². The number of aryl methyl sites for hydroxylation is 1. The van der Waals surface area contributed by atoms with Crippen molar-refractivity contribution in [2.24, 2.45) is 0 Å². The summed E-state index contributed by atoms with van der Waals surface area (Å²) in [5, 5.41) is 22.8. The van der Waals surface area contributed by atoms with E-state index in [0.29, 0.717) is 52.2 Å². The predicted octanol–water partition coefficient (Wildman–Crippen LogP) is 2.95. The number of hydrogen-bond donors (Lipinski definition) is 3. The maximum absolute atomic E-state index is 13.3. The van der Waals surface area contributed by atoms with E-state index in [1.165, 1.54) is 17.1 Å². The first-order valence-corrected chi connectivity index (χ1v) is 11.5. The van der Waals surface area contributed by atoms with Gasteiger partial charge in [-0.05, 0) is 47.2 Å². The molecule has 4 aromatic heterocycles. The number of fused-ring (bicyclic) bond motifs is 1. The van der Waals surface area contributed by atoms with Gasteiger partial charge in [-0.15, -0.1) is 5.10 Å². The molecule has 1 atom stereocenters. The van der Waals surface area contributed by atoms with E-state index >= 15 is 0 Å². The second kappa shape index (κ2) is 8.95. The molecule has 14 heteroatoms. The van der Waals surface area contributed by atoms with E-state index < -0.39 is 6.09 Å². The van der Waals surface area contributed by atoms with E-state index in [1.807, 2.05) is 0 Å². The quantitative estimate of drug-likeness (QED) is 0.317. The fourth-order valence-corrected chi connectivity index (χ4v) is 4.59. The molecular weight excluding hydrogens is 500 g/mol. The zero-order valence-electron chi connectivity index (χ0n) is 18.9. The van der Waals surface area contributed by atoms with Crippen LogP contribution in [0.2, 0.25) is 5.02 Å². The van der Waals surface area contributed by atoms with Gasteiger partial charge in [0.1, 0.15) is 23.8 Å². The summed E-state index contributed by atoms with van der Waals surface area (Å²) in [6.45, 7) is 0. The number of nitrogens with zero attached hydrogens (tertiary/aromatic N) is 8. The second-order valence-electron chi connectivity index (χ2n) is 8.28. The first-order valence-electron chi connectivity index (χ1n) is 11.1. The summed E-state index contributed by atoms with van der Waals surface area (Å²) in [6.07, 6.45) is 4.70. The van der Waals surface area contributed by atoms with Crippen molar-refractivity contribution in [2.45, 2.75) is 18.9 Å². The fraction of sp³-hybridized carbons (Fsp3) is 0.130. The van der Waals surface area contributed by atoms with Crippen LogP contribution in [0.3, 0.4) is 0 Å². The van der Waals surface area contributed by atoms with Crippen molar-refractivity contribution in [3.8, 4) is 28.2 Å². The third kappa shape index (κ3) is 4.21. The molecule has 6 rings (SSSR count). The van der Waals surface area contributed by atoms with Gasteiger partial charge in [0.2, 0.25) is 0 Å². The Morgan fingerprint density at radius 3 is 2.81 bits per heavy atom. The number of pyridine rings is 1. The molecule has 37 heavy (non-hydrogen) atoms. The molecule has 1 aliphatic heterocycles. The highest BCUT2D eigenvalue weighted by Gasteiger charge is 2.29. The Morgan fingerprint density at radius 1 is 1.16 bits per heavy atom. The number of benzene rings is 1. The summed E-state index contributed by atoms with van der Waals surface area (Å²) in [5.41, 5.74) is 2.97. The first kappa shape index (κ1) is 22.5. The van der Waals surface area contributed by atoms with Gasteiger partial charge in [0.05, 0.1) is 29.3 Å². The Bertz CT molecular complexity index is 1680. The van der Waals surface area contributed by atoms with Crippen LogP contribution < -0.4 is 10.9 Å². The third-order valence-electron chi connectivity index (χ3n) is 6.03. The number of tetrazole rings is 1. The number of anilines is 1.